The third kappa shape index (κ3) is 12.3. The van der Waals surface area contributed by atoms with Gasteiger partial charge in [0, 0.05) is 15.0 Å². The minimum atomic E-state index is -1.57. The molecule has 0 rings (SSSR count). The highest BCUT2D eigenvalue weighted by Gasteiger charge is 2.22. The van der Waals surface area contributed by atoms with E-state index in [0.717, 1.165) is 6.42 Å². The van der Waals surface area contributed by atoms with Crippen LogP contribution in [0.5, 0.6) is 0 Å². The van der Waals surface area contributed by atoms with Crippen LogP contribution in [0.4, 0.5) is 0 Å². The van der Waals surface area contributed by atoms with Crippen LogP contribution in [-0.2, 0) is 14.0 Å². The van der Waals surface area contributed by atoms with Crippen molar-refractivity contribution in [1.82, 2.24) is 0 Å². The summed E-state index contributed by atoms with van der Waals surface area (Å²) in [5.74, 6) is -0.218. The van der Waals surface area contributed by atoms with Crippen LogP contribution in [0.25, 0.3) is 0 Å². The fourth-order valence-electron chi connectivity index (χ4n) is 1.75. The van der Waals surface area contributed by atoms with Gasteiger partial charge in [0.25, 0.3) is 0 Å². The Morgan fingerprint density at radius 2 is 1.67 bits per heavy atom. The van der Waals surface area contributed by atoms with Crippen molar-refractivity contribution >= 4 is 22.4 Å². The van der Waals surface area contributed by atoms with E-state index in [1.807, 2.05) is 0 Å². The summed E-state index contributed by atoms with van der Waals surface area (Å²) >= 11 is 0. The van der Waals surface area contributed by atoms with E-state index < -0.39 is 16.4 Å². The monoisotopic (exact) mass is 290 g/mol. The Labute approximate surface area is 114 Å². The normalized spacial score (nSPS) is 14.4. The van der Waals surface area contributed by atoms with Gasteiger partial charge in [-0.15, -0.1) is 0 Å². The molecule has 0 aromatic heterocycles. The molecule has 0 aromatic carbocycles. The summed E-state index contributed by atoms with van der Waals surface area (Å²) < 4.78 is 11.2. The maximum Gasteiger partial charge on any atom is 0.302 e. The summed E-state index contributed by atoms with van der Waals surface area (Å²) in [5.41, 5.74) is 0. The topological polar surface area (TPSA) is 35.5 Å². The molecule has 0 fully saturated rings. The zero-order valence-electron chi connectivity index (χ0n) is 13.1. The molecule has 5 heteroatoms. The standard InChI is InChI=1S/C13H30O3Si2/c1-12(14)15-11-13(16-18(5,6)7)9-8-10-17(2,3)4/h13H,8-11H2,1-7H3. The lowest BCUT2D eigenvalue weighted by Crippen LogP contribution is -2.35. The molecule has 0 radical (unpaired) electrons. The van der Waals surface area contributed by atoms with Gasteiger partial charge in [-0.25, -0.2) is 0 Å². The minimum Gasteiger partial charge on any atom is -0.463 e. The highest BCUT2D eigenvalue weighted by molar-refractivity contribution is 6.76. The van der Waals surface area contributed by atoms with Crippen LogP contribution >= 0.6 is 0 Å². The first-order valence-corrected chi connectivity index (χ1v) is 13.9. The van der Waals surface area contributed by atoms with E-state index in [4.69, 9.17) is 9.16 Å². The van der Waals surface area contributed by atoms with Crippen LogP contribution in [0.15, 0.2) is 0 Å². The molecule has 0 spiro atoms. The second-order valence-corrected chi connectivity index (χ2v) is 17.2. The molecule has 0 aliphatic carbocycles. The van der Waals surface area contributed by atoms with Gasteiger partial charge in [-0.1, -0.05) is 32.1 Å². The molecule has 0 aromatic rings. The number of ether oxygens (including phenoxy) is 1. The third-order valence-electron chi connectivity index (χ3n) is 2.45. The van der Waals surface area contributed by atoms with E-state index in [1.54, 1.807) is 0 Å². The minimum absolute atomic E-state index is 0.0805. The van der Waals surface area contributed by atoms with Crippen LogP contribution in [0.1, 0.15) is 19.8 Å². The molecule has 0 aliphatic heterocycles. The Morgan fingerprint density at radius 3 is 2.06 bits per heavy atom. The molecular formula is C13H30O3Si2. The van der Waals surface area contributed by atoms with Crippen molar-refractivity contribution in [2.24, 2.45) is 0 Å². The Bertz CT molecular complexity index is 254. The molecule has 0 saturated carbocycles. The van der Waals surface area contributed by atoms with Gasteiger partial charge in [-0.05, 0) is 26.1 Å². The number of rotatable bonds is 8. The van der Waals surface area contributed by atoms with E-state index >= 15 is 0 Å². The van der Waals surface area contributed by atoms with E-state index in [2.05, 4.69) is 39.3 Å². The lowest BCUT2D eigenvalue weighted by Gasteiger charge is -2.27. The van der Waals surface area contributed by atoms with Gasteiger partial charge in [-0.2, -0.15) is 0 Å². The van der Waals surface area contributed by atoms with E-state index in [0.29, 0.717) is 6.61 Å². The van der Waals surface area contributed by atoms with Gasteiger partial charge in [0.15, 0.2) is 8.32 Å². The predicted octanol–water partition coefficient (Wildman–Crippen LogP) is 3.89. The lowest BCUT2D eigenvalue weighted by molar-refractivity contribution is -0.143. The van der Waals surface area contributed by atoms with E-state index in [-0.39, 0.29) is 12.1 Å². The van der Waals surface area contributed by atoms with Crippen molar-refractivity contribution in [1.29, 1.82) is 0 Å². The number of esters is 1. The predicted molar refractivity (Wildman–Crippen MR) is 82.2 cm³/mol. The van der Waals surface area contributed by atoms with Gasteiger partial charge >= 0.3 is 5.97 Å². The first-order valence-electron chi connectivity index (χ1n) is 6.81. The number of carbonyl (C=O) groups excluding carboxylic acids is 1. The fourth-order valence-corrected chi connectivity index (χ4v) is 4.20. The van der Waals surface area contributed by atoms with Crippen LogP contribution in [0.2, 0.25) is 45.3 Å². The summed E-state index contributed by atoms with van der Waals surface area (Å²) in [6, 6.07) is 1.30. The second-order valence-electron chi connectivity index (χ2n) is 7.11. The summed E-state index contributed by atoms with van der Waals surface area (Å²) in [4.78, 5) is 10.9. The first kappa shape index (κ1) is 17.9. The maximum absolute atomic E-state index is 10.9. The Morgan fingerprint density at radius 1 is 1.11 bits per heavy atom. The highest BCUT2D eigenvalue weighted by Crippen LogP contribution is 2.18. The molecule has 0 amide bonds. The average molecular weight is 291 g/mol. The number of hydrogen-bond donors (Lipinski definition) is 0. The highest BCUT2D eigenvalue weighted by atomic mass is 28.4. The molecule has 0 bridgehead atoms. The molecule has 108 valence electrons. The summed E-state index contributed by atoms with van der Waals surface area (Å²) in [6.45, 7) is 15.5. The van der Waals surface area contributed by atoms with Crippen LogP contribution in [0.3, 0.4) is 0 Å². The molecule has 0 N–H and O–H groups in total. The molecule has 0 aliphatic rings. The van der Waals surface area contributed by atoms with Crippen molar-refractivity contribution in [2.75, 3.05) is 6.61 Å². The Hall–Kier alpha value is -0.136. The zero-order valence-corrected chi connectivity index (χ0v) is 15.1. The average Bonchev–Trinajstić information content (AvgIpc) is 2.09. The van der Waals surface area contributed by atoms with Crippen molar-refractivity contribution < 1.29 is 14.0 Å². The van der Waals surface area contributed by atoms with Crippen molar-refractivity contribution in [2.45, 2.75) is 71.2 Å². The summed E-state index contributed by atoms with van der Waals surface area (Å²) in [6.07, 6.45) is 2.26. The number of hydrogen-bond acceptors (Lipinski definition) is 3. The van der Waals surface area contributed by atoms with Gasteiger partial charge in [-0.3, -0.25) is 4.79 Å². The molecule has 0 saturated heterocycles. The van der Waals surface area contributed by atoms with Gasteiger partial charge < -0.3 is 9.16 Å². The third-order valence-corrected chi connectivity index (χ3v) is 5.34. The molecule has 1 unspecified atom stereocenters. The van der Waals surface area contributed by atoms with E-state index in [9.17, 15) is 4.79 Å². The largest absolute Gasteiger partial charge is 0.463 e. The Kier molecular flexibility index (Phi) is 7.40. The van der Waals surface area contributed by atoms with E-state index in [1.165, 1.54) is 19.4 Å². The van der Waals surface area contributed by atoms with Crippen molar-refractivity contribution in [3.05, 3.63) is 0 Å². The first-order chi connectivity index (χ1) is 7.99. The fraction of sp³-hybridized carbons (Fsp3) is 0.923. The molecule has 1 atom stereocenters. The second kappa shape index (κ2) is 7.45. The van der Waals surface area contributed by atoms with Crippen LogP contribution < -0.4 is 0 Å². The Balaban J connectivity index is 4.16. The maximum atomic E-state index is 10.9. The zero-order chi connectivity index (χ0) is 14.4. The molecule has 0 heterocycles. The summed E-state index contributed by atoms with van der Waals surface area (Å²) in [5, 5.41) is 0. The smallest absolute Gasteiger partial charge is 0.302 e. The quantitative estimate of drug-likeness (QED) is 0.502. The van der Waals surface area contributed by atoms with Crippen LogP contribution in [0, 0.1) is 0 Å². The van der Waals surface area contributed by atoms with Crippen molar-refractivity contribution in [3.8, 4) is 0 Å². The SMILES string of the molecule is CC(=O)OCC(CCC[Si](C)(C)C)O[Si](C)(C)C. The molecule has 3 nitrogen and oxygen atoms in total. The summed E-state index contributed by atoms with van der Waals surface area (Å²) in [7, 11) is -2.55. The number of carbonyl (C=O) groups is 1. The van der Waals surface area contributed by atoms with Gasteiger partial charge in [0.05, 0.1) is 6.10 Å². The van der Waals surface area contributed by atoms with Gasteiger partial charge in [0.2, 0.25) is 0 Å². The van der Waals surface area contributed by atoms with Crippen molar-refractivity contribution in [3.63, 3.8) is 0 Å². The van der Waals surface area contributed by atoms with Crippen LogP contribution in [-0.4, -0.2) is 35.1 Å². The molecule has 18 heavy (non-hydrogen) atoms. The molecular weight excluding hydrogens is 260 g/mol. The van der Waals surface area contributed by atoms with Gasteiger partial charge in [0.1, 0.15) is 6.61 Å². The lowest BCUT2D eigenvalue weighted by atomic mass is 10.2.